The van der Waals surface area contributed by atoms with Crippen molar-refractivity contribution in [3.63, 3.8) is 0 Å². The number of hydrogen-bond donors (Lipinski definition) is 1. The third kappa shape index (κ3) is 3.31. The van der Waals surface area contributed by atoms with Gasteiger partial charge in [-0.2, -0.15) is 0 Å². The van der Waals surface area contributed by atoms with Crippen molar-refractivity contribution in [1.29, 1.82) is 0 Å². The predicted molar refractivity (Wildman–Crippen MR) is 84.3 cm³/mol. The van der Waals surface area contributed by atoms with E-state index in [0.717, 1.165) is 38.8 Å². The Labute approximate surface area is 133 Å². The second kappa shape index (κ2) is 6.46. The van der Waals surface area contributed by atoms with Crippen LogP contribution in [0.15, 0.2) is 0 Å². The number of likely N-dealkylation sites (tertiary alicyclic amines) is 1. The Morgan fingerprint density at radius 1 is 1.36 bits per heavy atom. The Morgan fingerprint density at radius 2 is 2.09 bits per heavy atom. The standard InChI is InChI=1S/C17H30N2O3/c1-12(2)10-18-16(20)14-8-13-9-17(21-6-7-22-17)5-4-15(13)19(3)11-14/h12-15H,4-11H2,1-3H3,(H,18,20)/t13-,14-,15-/m1/s1. The normalized spacial score (nSPS) is 34.8. The van der Waals surface area contributed by atoms with E-state index in [1.165, 1.54) is 0 Å². The minimum atomic E-state index is -0.349. The van der Waals surface area contributed by atoms with Gasteiger partial charge < -0.3 is 19.7 Å². The number of fused-ring (bicyclic) bond motifs is 1. The number of hydrogen-bond acceptors (Lipinski definition) is 4. The zero-order chi connectivity index (χ0) is 15.7. The van der Waals surface area contributed by atoms with Gasteiger partial charge >= 0.3 is 0 Å². The monoisotopic (exact) mass is 310 g/mol. The third-order valence-electron chi connectivity index (χ3n) is 5.47. The van der Waals surface area contributed by atoms with Crippen LogP contribution in [0.2, 0.25) is 0 Å². The summed E-state index contributed by atoms with van der Waals surface area (Å²) in [4.78, 5) is 14.8. The molecule has 0 bridgehead atoms. The summed E-state index contributed by atoms with van der Waals surface area (Å²) in [6, 6.07) is 0.576. The molecule has 5 nitrogen and oxygen atoms in total. The fraction of sp³-hybridized carbons (Fsp3) is 0.941. The number of piperidine rings is 1. The maximum absolute atomic E-state index is 12.4. The van der Waals surface area contributed by atoms with Gasteiger partial charge in [0.05, 0.1) is 19.1 Å². The second-order valence-corrected chi connectivity index (χ2v) is 7.69. The highest BCUT2D eigenvalue weighted by Gasteiger charge is 2.49. The lowest BCUT2D eigenvalue weighted by molar-refractivity contribution is -0.202. The molecule has 2 aliphatic heterocycles. The number of amides is 1. The first kappa shape index (κ1) is 16.2. The van der Waals surface area contributed by atoms with Crippen LogP contribution in [0.4, 0.5) is 0 Å². The van der Waals surface area contributed by atoms with Crippen LogP contribution >= 0.6 is 0 Å². The third-order valence-corrected chi connectivity index (χ3v) is 5.47. The molecule has 0 radical (unpaired) electrons. The molecular formula is C17H30N2O3. The molecule has 1 aliphatic carbocycles. The molecule has 3 fully saturated rings. The largest absolute Gasteiger partial charge is 0.356 e. The molecule has 126 valence electrons. The van der Waals surface area contributed by atoms with Crippen LogP contribution in [0, 0.1) is 17.8 Å². The van der Waals surface area contributed by atoms with E-state index < -0.39 is 0 Å². The number of rotatable bonds is 3. The van der Waals surface area contributed by atoms with Gasteiger partial charge in [-0.1, -0.05) is 13.8 Å². The van der Waals surface area contributed by atoms with Crippen molar-refractivity contribution in [1.82, 2.24) is 10.2 Å². The van der Waals surface area contributed by atoms with Crippen LogP contribution in [0.1, 0.15) is 39.5 Å². The lowest BCUT2D eigenvalue weighted by atomic mass is 9.72. The molecular weight excluding hydrogens is 280 g/mol. The molecule has 0 unspecified atom stereocenters. The molecule has 0 aromatic heterocycles. The van der Waals surface area contributed by atoms with Gasteiger partial charge in [0.25, 0.3) is 0 Å². The number of carbonyl (C=O) groups is 1. The Balaban J connectivity index is 1.62. The summed E-state index contributed by atoms with van der Waals surface area (Å²) in [5.41, 5.74) is 0. The average molecular weight is 310 g/mol. The first-order valence-corrected chi connectivity index (χ1v) is 8.75. The Hall–Kier alpha value is -0.650. The Morgan fingerprint density at radius 3 is 2.77 bits per heavy atom. The van der Waals surface area contributed by atoms with Crippen molar-refractivity contribution in [2.24, 2.45) is 17.8 Å². The summed E-state index contributed by atoms with van der Waals surface area (Å²) in [6.45, 7) is 7.33. The summed E-state index contributed by atoms with van der Waals surface area (Å²) in [5.74, 6) is 0.961. The lowest BCUT2D eigenvalue weighted by Gasteiger charge is -2.49. The topological polar surface area (TPSA) is 50.8 Å². The van der Waals surface area contributed by atoms with Gasteiger partial charge in [-0.25, -0.2) is 0 Å². The summed E-state index contributed by atoms with van der Waals surface area (Å²) in [6.07, 6.45) is 4.01. The molecule has 1 N–H and O–H groups in total. The van der Waals surface area contributed by atoms with Crippen LogP contribution in [0.25, 0.3) is 0 Å². The molecule has 1 spiro atoms. The maximum Gasteiger partial charge on any atom is 0.224 e. The van der Waals surface area contributed by atoms with Crippen LogP contribution in [0.5, 0.6) is 0 Å². The SMILES string of the molecule is CC(C)CNC(=O)[C@@H]1C[C@@H]2CC3(CC[C@H]2N(C)C1)OCCO3. The van der Waals surface area contributed by atoms with Crippen LogP contribution in [-0.4, -0.2) is 56.0 Å². The van der Waals surface area contributed by atoms with Gasteiger partial charge in [0.1, 0.15) is 0 Å². The molecule has 3 rings (SSSR count). The summed E-state index contributed by atoms with van der Waals surface area (Å²) in [7, 11) is 2.16. The molecule has 1 saturated carbocycles. The molecule has 22 heavy (non-hydrogen) atoms. The zero-order valence-electron chi connectivity index (χ0n) is 14.1. The maximum atomic E-state index is 12.4. The summed E-state index contributed by atoms with van der Waals surface area (Å²) >= 11 is 0. The quantitative estimate of drug-likeness (QED) is 0.861. The first-order chi connectivity index (χ1) is 10.5. The number of nitrogens with one attached hydrogen (secondary N) is 1. The van der Waals surface area contributed by atoms with Crippen molar-refractivity contribution >= 4 is 5.91 Å². The number of ether oxygens (including phenoxy) is 2. The van der Waals surface area contributed by atoms with Crippen molar-refractivity contribution in [3.05, 3.63) is 0 Å². The van der Waals surface area contributed by atoms with E-state index in [1.807, 2.05) is 0 Å². The van der Waals surface area contributed by atoms with E-state index in [9.17, 15) is 4.79 Å². The smallest absolute Gasteiger partial charge is 0.224 e. The molecule has 1 amide bonds. The minimum Gasteiger partial charge on any atom is -0.356 e. The predicted octanol–water partition coefficient (Wildman–Crippen LogP) is 1.62. The molecule has 2 heterocycles. The van der Waals surface area contributed by atoms with Crippen molar-refractivity contribution < 1.29 is 14.3 Å². The molecule has 0 aromatic carbocycles. The number of carbonyl (C=O) groups excluding carboxylic acids is 1. The van der Waals surface area contributed by atoms with E-state index >= 15 is 0 Å². The molecule has 5 heteroatoms. The van der Waals surface area contributed by atoms with Crippen molar-refractivity contribution in [2.45, 2.75) is 51.4 Å². The molecule has 3 aliphatic rings. The van der Waals surface area contributed by atoms with E-state index in [0.29, 0.717) is 31.1 Å². The fourth-order valence-corrected chi connectivity index (χ4v) is 4.38. The second-order valence-electron chi connectivity index (χ2n) is 7.69. The molecule has 3 atom stereocenters. The minimum absolute atomic E-state index is 0.0987. The van der Waals surface area contributed by atoms with Gasteiger partial charge in [-0.05, 0) is 31.7 Å². The number of nitrogens with zero attached hydrogens (tertiary/aromatic N) is 1. The summed E-state index contributed by atoms with van der Waals surface area (Å²) < 4.78 is 11.8. The van der Waals surface area contributed by atoms with Crippen molar-refractivity contribution in [3.8, 4) is 0 Å². The van der Waals surface area contributed by atoms with Gasteiger partial charge in [0.15, 0.2) is 5.79 Å². The van der Waals surface area contributed by atoms with E-state index in [4.69, 9.17) is 9.47 Å². The summed E-state index contributed by atoms with van der Waals surface area (Å²) in [5, 5.41) is 3.10. The lowest BCUT2D eigenvalue weighted by Crippen LogP contribution is -2.55. The highest BCUT2D eigenvalue weighted by atomic mass is 16.7. The highest BCUT2D eigenvalue weighted by Crippen LogP contribution is 2.44. The van der Waals surface area contributed by atoms with Crippen LogP contribution in [0.3, 0.4) is 0 Å². The van der Waals surface area contributed by atoms with E-state index in [2.05, 4.69) is 31.1 Å². The Bertz CT molecular complexity index is 407. The first-order valence-electron chi connectivity index (χ1n) is 8.75. The average Bonchev–Trinajstić information content (AvgIpc) is 2.92. The van der Waals surface area contributed by atoms with Crippen LogP contribution in [-0.2, 0) is 14.3 Å². The molecule has 2 saturated heterocycles. The van der Waals surface area contributed by atoms with Crippen molar-refractivity contribution in [2.75, 3.05) is 33.4 Å². The van der Waals surface area contributed by atoms with Gasteiger partial charge in [0.2, 0.25) is 5.91 Å². The molecule has 0 aromatic rings. The van der Waals surface area contributed by atoms with Gasteiger partial charge in [-0.3, -0.25) is 4.79 Å². The van der Waals surface area contributed by atoms with Gasteiger partial charge in [0, 0.05) is 32.0 Å². The van der Waals surface area contributed by atoms with E-state index in [-0.39, 0.29) is 17.6 Å². The highest BCUT2D eigenvalue weighted by molar-refractivity contribution is 5.79. The van der Waals surface area contributed by atoms with E-state index in [1.54, 1.807) is 0 Å². The van der Waals surface area contributed by atoms with Crippen LogP contribution < -0.4 is 5.32 Å². The Kier molecular flexibility index (Phi) is 4.76. The zero-order valence-corrected chi connectivity index (χ0v) is 14.1. The van der Waals surface area contributed by atoms with Gasteiger partial charge in [-0.15, -0.1) is 0 Å². The fourth-order valence-electron chi connectivity index (χ4n) is 4.38.